The van der Waals surface area contributed by atoms with Crippen molar-refractivity contribution >= 4 is 0 Å². The van der Waals surface area contributed by atoms with E-state index in [9.17, 15) is 0 Å². The van der Waals surface area contributed by atoms with E-state index >= 15 is 0 Å². The summed E-state index contributed by atoms with van der Waals surface area (Å²) < 4.78 is 11.0. The lowest BCUT2D eigenvalue weighted by atomic mass is 10.2. The molecule has 0 spiro atoms. The smallest absolute Gasteiger partial charge is 0.151 e. The van der Waals surface area contributed by atoms with Gasteiger partial charge in [-0.05, 0) is 12.1 Å². The molecule has 1 aromatic heterocycles. The minimum Gasteiger partial charge on any atom is -0.356 e. The topological polar surface area (TPSA) is 55.4 Å². The van der Waals surface area contributed by atoms with E-state index in [1.165, 1.54) is 0 Å². The van der Waals surface area contributed by atoms with Gasteiger partial charge in [-0.3, -0.25) is 10.6 Å². The van der Waals surface area contributed by atoms with Crippen molar-refractivity contribution in [2.75, 3.05) is 26.3 Å². The standard InChI is InChI=1S/C11H15N3O2/c1-2-8(10-12-4-6-15-10)14-9(3-1)11-13-5-7-16-11/h1-3,10-13H,4-7H2. The van der Waals surface area contributed by atoms with Crippen molar-refractivity contribution in [2.45, 2.75) is 12.5 Å². The molecule has 2 unspecified atom stereocenters. The molecule has 2 fully saturated rings. The van der Waals surface area contributed by atoms with Crippen LogP contribution < -0.4 is 10.6 Å². The number of nitrogens with one attached hydrogen (secondary N) is 2. The van der Waals surface area contributed by atoms with Gasteiger partial charge in [0.25, 0.3) is 0 Å². The Balaban J connectivity index is 1.81. The molecule has 86 valence electrons. The molecule has 0 bridgehead atoms. The van der Waals surface area contributed by atoms with Crippen molar-refractivity contribution in [1.29, 1.82) is 0 Å². The highest BCUT2D eigenvalue weighted by Crippen LogP contribution is 2.20. The van der Waals surface area contributed by atoms with Gasteiger partial charge in [-0.2, -0.15) is 0 Å². The Bertz CT molecular complexity index is 329. The first-order chi connectivity index (χ1) is 7.93. The van der Waals surface area contributed by atoms with Gasteiger partial charge in [0.2, 0.25) is 0 Å². The van der Waals surface area contributed by atoms with Gasteiger partial charge in [0.05, 0.1) is 24.6 Å². The third-order valence-corrected chi connectivity index (χ3v) is 2.76. The number of aromatic nitrogens is 1. The molecule has 2 aliphatic rings. The summed E-state index contributed by atoms with van der Waals surface area (Å²) in [7, 11) is 0. The average molecular weight is 221 g/mol. The summed E-state index contributed by atoms with van der Waals surface area (Å²) in [5.41, 5.74) is 1.85. The van der Waals surface area contributed by atoms with Gasteiger partial charge in [0.15, 0.2) is 12.5 Å². The van der Waals surface area contributed by atoms with Gasteiger partial charge in [-0.15, -0.1) is 0 Å². The van der Waals surface area contributed by atoms with Crippen LogP contribution in [0.25, 0.3) is 0 Å². The summed E-state index contributed by atoms with van der Waals surface area (Å²) in [4.78, 5) is 4.56. The molecule has 2 aliphatic heterocycles. The number of hydrogen-bond acceptors (Lipinski definition) is 5. The molecule has 0 saturated carbocycles. The van der Waals surface area contributed by atoms with Crippen molar-refractivity contribution in [2.24, 2.45) is 0 Å². The summed E-state index contributed by atoms with van der Waals surface area (Å²) in [6.07, 6.45) is -0.136. The highest BCUT2D eigenvalue weighted by Gasteiger charge is 2.22. The molecule has 0 aromatic carbocycles. The summed E-state index contributed by atoms with van der Waals surface area (Å²) in [6.45, 7) is 3.26. The van der Waals surface area contributed by atoms with Crippen LogP contribution in [0, 0.1) is 0 Å². The van der Waals surface area contributed by atoms with E-state index in [2.05, 4.69) is 15.6 Å². The van der Waals surface area contributed by atoms with Crippen LogP contribution in [0.2, 0.25) is 0 Å². The SMILES string of the molecule is c1cc(C2NCCO2)nc(C2NCCO2)c1. The third-order valence-electron chi connectivity index (χ3n) is 2.76. The van der Waals surface area contributed by atoms with Crippen molar-refractivity contribution in [3.05, 3.63) is 29.6 Å². The molecule has 2 N–H and O–H groups in total. The zero-order chi connectivity index (χ0) is 10.8. The van der Waals surface area contributed by atoms with E-state index in [1.54, 1.807) is 0 Å². The molecule has 0 amide bonds. The van der Waals surface area contributed by atoms with Crippen molar-refractivity contribution in [1.82, 2.24) is 15.6 Å². The minimum absolute atomic E-state index is 0.0682. The normalized spacial score (nSPS) is 29.8. The number of pyridine rings is 1. The quantitative estimate of drug-likeness (QED) is 0.753. The molecule has 16 heavy (non-hydrogen) atoms. The molecule has 3 heterocycles. The molecule has 5 nitrogen and oxygen atoms in total. The fourth-order valence-electron chi connectivity index (χ4n) is 1.99. The lowest BCUT2D eigenvalue weighted by Crippen LogP contribution is -2.19. The Labute approximate surface area is 94.2 Å². The first-order valence-electron chi connectivity index (χ1n) is 5.60. The maximum atomic E-state index is 5.52. The zero-order valence-corrected chi connectivity index (χ0v) is 8.98. The van der Waals surface area contributed by atoms with Gasteiger partial charge in [0.1, 0.15) is 0 Å². The molecule has 5 heteroatoms. The highest BCUT2D eigenvalue weighted by molar-refractivity contribution is 5.15. The van der Waals surface area contributed by atoms with Crippen LogP contribution in [0.5, 0.6) is 0 Å². The largest absolute Gasteiger partial charge is 0.356 e. The van der Waals surface area contributed by atoms with Crippen LogP contribution in [-0.2, 0) is 9.47 Å². The summed E-state index contributed by atoms with van der Waals surface area (Å²) in [5, 5.41) is 6.49. The van der Waals surface area contributed by atoms with Crippen LogP contribution in [0.15, 0.2) is 18.2 Å². The summed E-state index contributed by atoms with van der Waals surface area (Å²) >= 11 is 0. The lowest BCUT2D eigenvalue weighted by molar-refractivity contribution is 0.0900. The van der Waals surface area contributed by atoms with Crippen molar-refractivity contribution in [3.63, 3.8) is 0 Å². The van der Waals surface area contributed by atoms with E-state index in [0.717, 1.165) is 37.7 Å². The fourth-order valence-corrected chi connectivity index (χ4v) is 1.99. The molecular formula is C11H15N3O2. The average Bonchev–Trinajstić information content (AvgIpc) is 3.03. The molecule has 2 saturated heterocycles. The first kappa shape index (κ1) is 10.2. The minimum atomic E-state index is -0.0682. The second-order valence-corrected chi connectivity index (χ2v) is 3.90. The van der Waals surface area contributed by atoms with Gasteiger partial charge in [-0.1, -0.05) is 6.07 Å². The molecule has 2 atom stereocenters. The number of nitrogens with zero attached hydrogens (tertiary/aromatic N) is 1. The Morgan fingerprint density at radius 1 is 1.00 bits per heavy atom. The van der Waals surface area contributed by atoms with Crippen LogP contribution in [0.4, 0.5) is 0 Å². The van der Waals surface area contributed by atoms with Crippen LogP contribution in [-0.4, -0.2) is 31.3 Å². The van der Waals surface area contributed by atoms with Gasteiger partial charge < -0.3 is 9.47 Å². The molecule has 0 aliphatic carbocycles. The Kier molecular flexibility index (Phi) is 2.84. The third kappa shape index (κ3) is 1.94. The van der Waals surface area contributed by atoms with Gasteiger partial charge >= 0.3 is 0 Å². The van der Waals surface area contributed by atoms with Crippen molar-refractivity contribution in [3.8, 4) is 0 Å². The van der Waals surface area contributed by atoms with Crippen LogP contribution in [0.1, 0.15) is 23.8 Å². The Hall–Kier alpha value is -1.01. The van der Waals surface area contributed by atoms with Crippen LogP contribution in [0.3, 0.4) is 0 Å². The molecule has 1 aromatic rings. The lowest BCUT2D eigenvalue weighted by Gasteiger charge is -2.13. The molecule has 3 rings (SSSR count). The summed E-state index contributed by atoms with van der Waals surface area (Å²) in [5.74, 6) is 0. The Morgan fingerprint density at radius 3 is 2.00 bits per heavy atom. The molecular weight excluding hydrogens is 206 g/mol. The van der Waals surface area contributed by atoms with E-state index in [0.29, 0.717) is 0 Å². The van der Waals surface area contributed by atoms with Gasteiger partial charge in [-0.25, -0.2) is 4.98 Å². The second-order valence-electron chi connectivity index (χ2n) is 3.90. The highest BCUT2D eigenvalue weighted by atomic mass is 16.5. The van der Waals surface area contributed by atoms with Gasteiger partial charge in [0, 0.05) is 13.1 Å². The van der Waals surface area contributed by atoms with Crippen molar-refractivity contribution < 1.29 is 9.47 Å². The fraction of sp³-hybridized carbons (Fsp3) is 0.545. The predicted octanol–water partition coefficient (Wildman–Crippen LogP) is 0.318. The maximum Gasteiger partial charge on any atom is 0.151 e. The number of hydrogen-bond donors (Lipinski definition) is 2. The second kappa shape index (κ2) is 4.47. The predicted molar refractivity (Wildman–Crippen MR) is 57.6 cm³/mol. The van der Waals surface area contributed by atoms with E-state index in [1.807, 2.05) is 18.2 Å². The monoisotopic (exact) mass is 221 g/mol. The zero-order valence-electron chi connectivity index (χ0n) is 8.98. The van der Waals surface area contributed by atoms with E-state index in [4.69, 9.17) is 9.47 Å². The van der Waals surface area contributed by atoms with Crippen LogP contribution >= 0.6 is 0 Å². The summed E-state index contributed by atoms with van der Waals surface area (Å²) in [6, 6.07) is 5.94. The van der Waals surface area contributed by atoms with E-state index < -0.39 is 0 Å². The Morgan fingerprint density at radius 2 is 1.56 bits per heavy atom. The maximum absolute atomic E-state index is 5.52. The number of rotatable bonds is 2. The number of ether oxygens (including phenoxy) is 2. The molecule has 0 radical (unpaired) electrons. The first-order valence-corrected chi connectivity index (χ1v) is 5.60. The van der Waals surface area contributed by atoms with E-state index in [-0.39, 0.29) is 12.5 Å².